The number of amides is 1. The fourth-order valence-corrected chi connectivity index (χ4v) is 2.97. The van der Waals surface area contributed by atoms with E-state index in [1.807, 2.05) is 43.5 Å². The van der Waals surface area contributed by atoms with E-state index in [4.69, 9.17) is 4.74 Å². The summed E-state index contributed by atoms with van der Waals surface area (Å²) in [6, 6.07) is 11.4. The standard InChI is InChI=1S/C21H20N6O3/c1-3-27-12-15(20(29)30-4-2)18(25-27)19(28)23-17-10-11-26-13-16(22-21(26)24-17)14-8-6-5-7-9-14/h5-13H,3-4H2,1-2H3,(H,22,23,24,28). The van der Waals surface area contributed by atoms with Crippen molar-refractivity contribution in [1.29, 1.82) is 0 Å². The third-order valence-corrected chi connectivity index (χ3v) is 4.43. The van der Waals surface area contributed by atoms with Crippen molar-refractivity contribution in [2.75, 3.05) is 11.9 Å². The molecule has 9 nitrogen and oxygen atoms in total. The molecule has 1 N–H and O–H groups in total. The van der Waals surface area contributed by atoms with E-state index < -0.39 is 11.9 Å². The predicted molar refractivity (Wildman–Crippen MR) is 110 cm³/mol. The van der Waals surface area contributed by atoms with Gasteiger partial charge in [0.05, 0.1) is 12.3 Å². The lowest BCUT2D eigenvalue weighted by Crippen LogP contribution is -2.18. The number of fused-ring (bicyclic) bond motifs is 1. The van der Waals surface area contributed by atoms with Crippen LogP contribution in [0.25, 0.3) is 17.0 Å². The Morgan fingerprint density at radius 2 is 1.87 bits per heavy atom. The molecule has 1 aromatic carbocycles. The highest BCUT2D eigenvalue weighted by Crippen LogP contribution is 2.19. The summed E-state index contributed by atoms with van der Waals surface area (Å²) in [5.41, 5.74) is 1.85. The van der Waals surface area contributed by atoms with E-state index in [-0.39, 0.29) is 17.9 Å². The molecule has 1 amide bonds. The molecule has 0 atom stereocenters. The lowest BCUT2D eigenvalue weighted by atomic mass is 10.2. The summed E-state index contributed by atoms with van der Waals surface area (Å²) in [6.07, 6.45) is 5.13. The number of carbonyl (C=O) groups excluding carboxylic acids is 2. The molecule has 0 aliphatic carbocycles. The van der Waals surface area contributed by atoms with Crippen molar-refractivity contribution in [1.82, 2.24) is 24.1 Å². The monoisotopic (exact) mass is 404 g/mol. The van der Waals surface area contributed by atoms with Gasteiger partial charge in [0.1, 0.15) is 11.4 Å². The van der Waals surface area contributed by atoms with Crippen LogP contribution in [-0.2, 0) is 11.3 Å². The molecule has 0 spiro atoms. The Kier molecular flexibility index (Phi) is 5.25. The van der Waals surface area contributed by atoms with Crippen LogP contribution in [-0.4, -0.2) is 42.6 Å². The summed E-state index contributed by atoms with van der Waals surface area (Å²) in [7, 11) is 0. The minimum absolute atomic E-state index is 0.00899. The normalized spacial score (nSPS) is 10.9. The number of nitrogens with one attached hydrogen (secondary N) is 1. The van der Waals surface area contributed by atoms with Crippen molar-refractivity contribution in [3.63, 3.8) is 0 Å². The molecule has 4 aromatic rings. The number of rotatable bonds is 6. The number of carbonyl (C=O) groups is 2. The largest absolute Gasteiger partial charge is 0.462 e. The third kappa shape index (κ3) is 3.77. The number of imidazole rings is 1. The average Bonchev–Trinajstić information content (AvgIpc) is 3.39. The van der Waals surface area contributed by atoms with Gasteiger partial charge in [-0.05, 0) is 19.9 Å². The molecule has 0 radical (unpaired) electrons. The molecule has 0 saturated carbocycles. The second kappa shape index (κ2) is 8.16. The van der Waals surface area contributed by atoms with Crippen LogP contribution in [0.2, 0.25) is 0 Å². The van der Waals surface area contributed by atoms with Crippen LogP contribution in [0.4, 0.5) is 5.82 Å². The molecule has 3 heterocycles. The van der Waals surface area contributed by atoms with Crippen LogP contribution in [0.15, 0.2) is 55.0 Å². The summed E-state index contributed by atoms with van der Waals surface area (Å²) in [6.45, 7) is 4.29. The lowest BCUT2D eigenvalue weighted by Gasteiger charge is -2.04. The van der Waals surface area contributed by atoms with Gasteiger partial charge in [0.15, 0.2) is 5.69 Å². The Bertz CT molecular complexity index is 1210. The van der Waals surface area contributed by atoms with E-state index >= 15 is 0 Å². The molecule has 0 bridgehead atoms. The molecule has 4 rings (SSSR count). The first-order valence-electron chi connectivity index (χ1n) is 9.56. The molecule has 0 aliphatic heterocycles. The van der Waals surface area contributed by atoms with Crippen molar-refractivity contribution >= 4 is 23.5 Å². The lowest BCUT2D eigenvalue weighted by molar-refractivity contribution is 0.0523. The molecule has 152 valence electrons. The van der Waals surface area contributed by atoms with Gasteiger partial charge in [-0.2, -0.15) is 10.1 Å². The quantitative estimate of drug-likeness (QED) is 0.496. The van der Waals surface area contributed by atoms with Crippen molar-refractivity contribution in [3.8, 4) is 11.3 Å². The zero-order valence-corrected chi connectivity index (χ0v) is 16.6. The van der Waals surface area contributed by atoms with Crippen molar-refractivity contribution in [2.24, 2.45) is 0 Å². The van der Waals surface area contributed by atoms with E-state index in [1.165, 1.54) is 10.9 Å². The number of hydrogen-bond acceptors (Lipinski definition) is 6. The Labute approximate surface area is 172 Å². The Hall–Kier alpha value is -4.01. The van der Waals surface area contributed by atoms with Gasteiger partial charge in [-0.3, -0.25) is 13.9 Å². The maximum atomic E-state index is 12.8. The van der Waals surface area contributed by atoms with Crippen molar-refractivity contribution in [2.45, 2.75) is 20.4 Å². The fourth-order valence-electron chi connectivity index (χ4n) is 2.97. The molecular weight excluding hydrogens is 384 g/mol. The number of aryl methyl sites for hydroxylation is 1. The molecule has 9 heteroatoms. The third-order valence-electron chi connectivity index (χ3n) is 4.43. The topological polar surface area (TPSA) is 103 Å². The number of esters is 1. The number of anilines is 1. The van der Waals surface area contributed by atoms with Crippen LogP contribution in [0.1, 0.15) is 34.7 Å². The Morgan fingerprint density at radius 1 is 1.07 bits per heavy atom. The van der Waals surface area contributed by atoms with E-state index in [2.05, 4.69) is 20.4 Å². The van der Waals surface area contributed by atoms with Crippen LogP contribution < -0.4 is 5.32 Å². The van der Waals surface area contributed by atoms with Gasteiger partial charge in [-0.25, -0.2) is 9.78 Å². The predicted octanol–water partition coefficient (Wildman–Crippen LogP) is 3.04. The molecular formula is C21H20N6O3. The van der Waals surface area contributed by atoms with Gasteiger partial charge in [-0.1, -0.05) is 30.3 Å². The van der Waals surface area contributed by atoms with Crippen molar-refractivity contribution in [3.05, 3.63) is 66.2 Å². The summed E-state index contributed by atoms with van der Waals surface area (Å²) < 4.78 is 8.31. The summed E-state index contributed by atoms with van der Waals surface area (Å²) in [5, 5.41) is 6.88. The first-order valence-corrected chi connectivity index (χ1v) is 9.56. The number of aromatic nitrogens is 5. The summed E-state index contributed by atoms with van der Waals surface area (Å²) >= 11 is 0. The molecule has 0 fully saturated rings. The highest BCUT2D eigenvalue weighted by atomic mass is 16.5. The number of benzene rings is 1. The van der Waals surface area contributed by atoms with E-state index in [1.54, 1.807) is 23.6 Å². The molecule has 30 heavy (non-hydrogen) atoms. The minimum Gasteiger partial charge on any atom is -0.462 e. The highest BCUT2D eigenvalue weighted by Gasteiger charge is 2.23. The molecule has 0 unspecified atom stereocenters. The van der Waals surface area contributed by atoms with Gasteiger partial charge in [0.2, 0.25) is 5.78 Å². The maximum absolute atomic E-state index is 12.8. The SMILES string of the molecule is CCOC(=O)c1cn(CC)nc1C(=O)Nc1ccn2cc(-c3ccccc3)nc2n1. The second-order valence-corrected chi connectivity index (χ2v) is 6.43. The first-order chi connectivity index (χ1) is 14.6. The zero-order chi connectivity index (χ0) is 21.1. The summed E-state index contributed by atoms with van der Waals surface area (Å²) in [4.78, 5) is 33.9. The minimum atomic E-state index is -0.591. The van der Waals surface area contributed by atoms with E-state index in [0.29, 0.717) is 18.1 Å². The number of ether oxygens (including phenoxy) is 1. The number of nitrogens with zero attached hydrogens (tertiary/aromatic N) is 5. The Morgan fingerprint density at radius 3 is 2.60 bits per heavy atom. The van der Waals surface area contributed by atoms with Gasteiger partial charge in [0.25, 0.3) is 5.91 Å². The Balaban J connectivity index is 1.60. The van der Waals surface area contributed by atoms with Gasteiger partial charge in [0, 0.05) is 30.7 Å². The average molecular weight is 404 g/mol. The van der Waals surface area contributed by atoms with E-state index in [9.17, 15) is 9.59 Å². The smallest absolute Gasteiger partial charge is 0.342 e. The first kappa shape index (κ1) is 19.3. The number of hydrogen-bond donors (Lipinski definition) is 1. The van der Waals surface area contributed by atoms with Crippen LogP contribution in [0.5, 0.6) is 0 Å². The zero-order valence-electron chi connectivity index (χ0n) is 16.6. The van der Waals surface area contributed by atoms with Gasteiger partial charge < -0.3 is 10.1 Å². The molecule has 0 saturated heterocycles. The fraction of sp³-hybridized carbons (Fsp3) is 0.190. The molecule has 0 aliphatic rings. The van der Waals surface area contributed by atoms with Crippen LogP contribution in [0, 0.1) is 0 Å². The van der Waals surface area contributed by atoms with Gasteiger partial charge >= 0.3 is 5.97 Å². The van der Waals surface area contributed by atoms with Crippen LogP contribution >= 0.6 is 0 Å². The van der Waals surface area contributed by atoms with E-state index in [0.717, 1.165) is 11.3 Å². The highest BCUT2D eigenvalue weighted by molar-refractivity contribution is 6.09. The maximum Gasteiger partial charge on any atom is 0.342 e. The molecule has 3 aromatic heterocycles. The second-order valence-electron chi connectivity index (χ2n) is 6.43. The van der Waals surface area contributed by atoms with Gasteiger partial charge in [-0.15, -0.1) is 0 Å². The summed E-state index contributed by atoms with van der Waals surface area (Å²) in [5.74, 6) is -0.390. The van der Waals surface area contributed by atoms with Crippen LogP contribution in [0.3, 0.4) is 0 Å². The van der Waals surface area contributed by atoms with Crippen molar-refractivity contribution < 1.29 is 14.3 Å².